The number of nitrogens with one attached hydrogen (secondary N) is 1. The van der Waals surface area contributed by atoms with E-state index in [-0.39, 0.29) is 6.04 Å². The lowest BCUT2D eigenvalue weighted by Crippen LogP contribution is -2.34. The van der Waals surface area contributed by atoms with Crippen LogP contribution in [0, 0.1) is 0 Å². The van der Waals surface area contributed by atoms with Crippen LogP contribution in [-0.2, 0) is 14.3 Å². The number of amides is 1. The normalized spacial score (nSPS) is 11.9. The van der Waals surface area contributed by atoms with Gasteiger partial charge in [0.15, 0.2) is 0 Å². The molecule has 0 fully saturated rings. The fourth-order valence-corrected chi connectivity index (χ4v) is 0.578. The molecule has 70 valence electrons. The number of carbonyl (C=O) groups is 2. The summed E-state index contributed by atoms with van der Waals surface area (Å²) in [7, 11) is 1.16. The highest BCUT2D eigenvalue weighted by Crippen LogP contribution is 1.82. The van der Waals surface area contributed by atoms with Crippen molar-refractivity contribution in [1.29, 1.82) is 0 Å². The summed E-state index contributed by atoms with van der Waals surface area (Å²) < 4.78 is 4.19. The zero-order valence-electron chi connectivity index (χ0n) is 7.29. The van der Waals surface area contributed by atoms with Gasteiger partial charge in [0.25, 0.3) is 0 Å². The van der Waals surface area contributed by atoms with Crippen LogP contribution in [-0.4, -0.2) is 31.6 Å². The standard InChI is InChI=1S/C7H14N2O3/c1-5(8)3-4-9-6(10)7(11)12-2/h5H,3-4,8H2,1-2H3,(H,9,10). The van der Waals surface area contributed by atoms with Crippen LogP contribution in [0.4, 0.5) is 0 Å². The molecule has 0 spiro atoms. The topological polar surface area (TPSA) is 81.4 Å². The molecule has 0 aliphatic rings. The maximum absolute atomic E-state index is 10.7. The summed E-state index contributed by atoms with van der Waals surface area (Å²) >= 11 is 0. The van der Waals surface area contributed by atoms with E-state index >= 15 is 0 Å². The molecule has 0 saturated heterocycles. The van der Waals surface area contributed by atoms with Crippen molar-refractivity contribution in [1.82, 2.24) is 5.32 Å². The minimum absolute atomic E-state index is 0.0166. The quantitative estimate of drug-likeness (QED) is 0.425. The minimum Gasteiger partial charge on any atom is -0.462 e. The van der Waals surface area contributed by atoms with E-state index in [2.05, 4.69) is 10.1 Å². The number of hydrogen-bond acceptors (Lipinski definition) is 4. The molecule has 0 aromatic heterocycles. The highest BCUT2D eigenvalue weighted by molar-refractivity contribution is 6.32. The second-order valence-electron chi connectivity index (χ2n) is 2.51. The van der Waals surface area contributed by atoms with Gasteiger partial charge in [0.05, 0.1) is 7.11 Å². The van der Waals surface area contributed by atoms with E-state index in [1.807, 2.05) is 6.92 Å². The molecular weight excluding hydrogens is 160 g/mol. The Labute approximate surface area is 71.3 Å². The molecule has 0 saturated carbocycles. The first-order chi connectivity index (χ1) is 5.57. The Hall–Kier alpha value is -1.10. The maximum Gasteiger partial charge on any atom is 0.396 e. The summed E-state index contributed by atoms with van der Waals surface area (Å²) in [4.78, 5) is 21.3. The molecule has 0 aromatic rings. The van der Waals surface area contributed by atoms with Crippen molar-refractivity contribution in [3.63, 3.8) is 0 Å². The second-order valence-corrected chi connectivity index (χ2v) is 2.51. The molecule has 0 heterocycles. The summed E-state index contributed by atoms with van der Waals surface area (Å²) in [5.74, 6) is -1.60. The van der Waals surface area contributed by atoms with Crippen LogP contribution in [0.5, 0.6) is 0 Å². The van der Waals surface area contributed by atoms with Crippen LogP contribution in [0.25, 0.3) is 0 Å². The first-order valence-electron chi connectivity index (χ1n) is 3.69. The van der Waals surface area contributed by atoms with Crippen molar-refractivity contribution in [3.05, 3.63) is 0 Å². The Morgan fingerprint density at radius 2 is 2.17 bits per heavy atom. The van der Waals surface area contributed by atoms with Crippen molar-refractivity contribution in [2.75, 3.05) is 13.7 Å². The molecule has 1 amide bonds. The maximum atomic E-state index is 10.7. The average molecular weight is 174 g/mol. The van der Waals surface area contributed by atoms with Gasteiger partial charge in [0.1, 0.15) is 0 Å². The van der Waals surface area contributed by atoms with E-state index in [1.54, 1.807) is 0 Å². The molecule has 3 N–H and O–H groups in total. The number of nitrogens with two attached hydrogens (primary N) is 1. The Bertz CT molecular complexity index is 168. The predicted molar refractivity (Wildman–Crippen MR) is 43.3 cm³/mol. The molecule has 0 aromatic carbocycles. The lowest BCUT2D eigenvalue weighted by atomic mass is 10.2. The van der Waals surface area contributed by atoms with E-state index in [0.717, 1.165) is 7.11 Å². The zero-order valence-corrected chi connectivity index (χ0v) is 7.29. The molecule has 0 rings (SSSR count). The van der Waals surface area contributed by atoms with Gasteiger partial charge in [0.2, 0.25) is 0 Å². The lowest BCUT2D eigenvalue weighted by Gasteiger charge is -2.05. The van der Waals surface area contributed by atoms with Crippen LogP contribution in [0.1, 0.15) is 13.3 Å². The van der Waals surface area contributed by atoms with Gasteiger partial charge < -0.3 is 15.8 Å². The first kappa shape index (κ1) is 10.9. The van der Waals surface area contributed by atoms with Gasteiger partial charge in [-0.2, -0.15) is 0 Å². The molecular formula is C7H14N2O3. The molecule has 1 unspecified atom stereocenters. The van der Waals surface area contributed by atoms with E-state index in [9.17, 15) is 9.59 Å². The predicted octanol–water partition coefficient (Wildman–Crippen LogP) is -0.987. The van der Waals surface area contributed by atoms with Gasteiger partial charge in [-0.3, -0.25) is 4.79 Å². The van der Waals surface area contributed by atoms with Crippen LogP contribution < -0.4 is 11.1 Å². The number of carbonyl (C=O) groups excluding carboxylic acids is 2. The Balaban J connectivity index is 3.51. The molecule has 5 heteroatoms. The van der Waals surface area contributed by atoms with Crippen molar-refractivity contribution in [3.8, 4) is 0 Å². The third kappa shape index (κ3) is 4.68. The summed E-state index contributed by atoms with van der Waals surface area (Å²) in [5, 5.41) is 2.37. The largest absolute Gasteiger partial charge is 0.462 e. The lowest BCUT2D eigenvalue weighted by molar-refractivity contribution is -0.152. The van der Waals surface area contributed by atoms with Gasteiger partial charge >= 0.3 is 11.9 Å². The van der Waals surface area contributed by atoms with Crippen molar-refractivity contribution >= 4 is 11.9 Å². The summed E-state index contributed by atoms with van der Waals surface area (Å²) in [6.45, 7) is 2.22. The Morgan fingerprint density at radius 1 is 1.58 bits per heavy atom. The zero-order chi connectivity index (χ0) is 9.56. The third-order valence-electron chi connectivity index (χ3n) is 1.26. The number of ether oxygens (including phenoxy) is 1. The fraction of sp³-hybridized carbons (Fsp3) is 0.714. The monoisotopic (exact) mass is 174 g/mol. The van der Waals surface area contributed by atoms with Gasteiger partial charge in [-0.1, -0.05) is 0 Å². The average Bonchev–Trinajstić information content (AvgIpc) is 2.02. The summed E-state index contributed by atoms with van der Waals surface area (Å²) in [6, 6.07) is 0.0166. The van der Waals surface area contributed by atoms with Crippen LogP contribution >= 0.6 is 0 Å². The molecule has 0 radical (unpaired) electrons. The van der Waals surface area contributed by atoms with Gasteiger partial charge in [-0.25, -0.2) is 4.79 Å². The van der Waals surface area contributed by atoms with Crippen LogP contribution in [0.3, 0.4) is 0 Å². The van der Waals surface area contributed by atoms with Crippen LogP contribution in [0.2, 0.25) is 0 Å². The Morgan fingerprint density at radius 3 is 2.58 bits per heavy atom. The molecule has 1 atom stereocenters. The van der Waals surface area contributed by atoms with E-state index in [0.29, 0.717) is 13.0 Å². The second kappa shape index (κ2) is 5.54. The van der Waals surface area contributed by atoms with Crippen molar-refractivity contribution in [2.45, 2.75) is 19.4 Å². The number of rotatable bonds is 3. The molecule has 12 heavy (non-hydrogen) atoms. The minimum atomic E-state index is -0.875. The van der Waals surface area contributed by atoms with Gasteiger partial charge in [-0.15, -0.1) is 0 Å². The number of methoxy groups -OCH3 is 1. The molecule has 0 aliphatic heterocycles. The Kier molecular flexibility index (Phi) is 5.03. The highest BCUT2D eigenvalue weighted by atomic mass is 16.5. The summed E-state index contributed by atoms with van der Waals surface area (Å²) in [6.07, 6.45) is 0.642. The molecule has 0 bridgehead atoms. The molecule has 5 nitrogen and oxygen atoms in total. The van der Waals surface area contributed by atoms with E-state index < -0.39 is 11.9 Å². The highest BCUT2D eigenvalue weighted by Gasteiger charge is 2.11. The van der Waals surface area contributed by atoms with E-state index in [1.165, 1.54) is 0 Å². The SMILES string of the molecule is COC(=O)C(=O)NCCC(C)N. The molecule has 0 aliphatic carbocycles. The number of hydrogen-bond donors (Lipinski definition) is 2. The van der Waals surface area contributed by atoms with Crippen LogP contribution in [0.15, 0.2) is 0 Å². The van der Waals surface area contributed by atoms with Crippen molar-refractivity contribution < 1.29 is 14.3 Å². The van der Waals surface area contributed by atoms with Gasteiger partial charge in [0, 0.05) is 12.6 Å². The summed E-state index contributed by atoms with van der Waals surface area (Å²) in [5.41, 5.74) is 5.42. The number of esters is 1. The first-order valence-corrected chi connectivity index (χ1v) is 3.69. The fourth-order valence-electron chi connectivity index (χ4n) is 0.578. The van der Waals surface area contributed by atoms with Crippen molar-refractivity contribution in [2.24, 2.45) is 5.73 Å². The smallest absolute Gasteiger partial charge is 0.396 e. The van der Waals surface area contributed by atoms with Gasteiger partial charge in [-0.05, 0) is 13.3 Å². The third-order valence-corrected chi connectivity index (χ3v) is 1.26. The van der Waals surface area contributed by atoms with E-state index in [4.69, 9.17) is 5.73 Å².